The maximum atomic E-state index is 12.6. The first-order valence-electron chi connectivity index (χ1n) is 12.0. The molecular weight excluding hydrogens is 438 g/mol. The summed E-state index contributed by atoms with van der Waals surface area (Å²) in [6, 6.07) is 11.7. The molecule has 1 aromatic carbocycles. The van der Waals surface area contributed by atoms with Gasteiger partial charge in [-0.2, -0.15) is 0 Å². The van der Waals surface area contributed by atoms with E-state index in [0.29, 0.717) is 11.3 Å². The van der Waals surface area contributed by atoms with E-state index in [1.54, 1.807) is 6.07 Å². The number of carbonyl (C=O) groups excluding carboxylic acids is 2. The summed E-state index contributed by atoms with van der Waals surface area (Å²) in [4.78, 5) is 28.0. The van der Waals surface area contributed by atoms with E-state index in [2.05, 4.69) is 6.92 Å². The van der Waals surface area contributed by atoms with Gasteiger partial charge in [-0.25, -0.2) is 4.79 Å². The number of benzene rings is 1. The number of amides is 1. The highest BCUT2D eigenvalue weighted by atomic mass is 32.1. The van der Waals surface area contributed by atoms with Crippen molar-refractivity contribution in [3.05, 3.63) is 51.7 Å². The van der Waals surface area contributed by atoms with Crippen molar-refractivity contribution >= 4 is 28.9 Å². The lowest BCUT2D eigenvalue weighted by atomic mass is 10.0. The average Bonchev–Trinajstić information content (AvgIpc) is 3.44. The topological polar surface area (TPSA) is 87.1 Å². The molecule has 3 rings (SSSR count). The van der Waals surface area contributed by atoms with Crippen LogP contribution in [0.5, 0.6) is 0 Å². The second-order valence-corrected chi connectivity index (χ2v) is 9.75. The molecule has 0 radical (unpaired) electrons. The number of hydrogen-bond acceptors (Lipinski definition) is 6. The molecule has 33 heavy (non-hydrogen) atoms. The van der Waals surface area contributed by atoms with Crippen LogP contribution in [-0.4, -0.2) is 41.3 Å². The van der Waals surface area contributed by atoms with Crippen LogP contribution in [-0.2, 0) is 16.0 Å². The number of anilines is 1. The van der Waals surface area contributed by atoms with Crippen LogP contribution in [0.1, 0.15) is 84.5 Å². The van der Waals surface area contributed by atoms with E-state index in [4.69, 9.17) is 9.84 Å². The Hall–Kier alpha value is -2.22. The van der Waals surface area contributed by atoms with Crippen LogP contribution >= 0.6 is 11.3 Å². The third-order valence-corrected chi connectivity index (χ3v) is 7.24. The molecular formula is C26H35NO5S. The van der Waals surface area contributed by atoms with Crippen LogP contribution in [0.2, 0.25) is 0 Å². The lowest BCUT2D eigenvalue weighted by Gasteiger charge is -2.25. The van der Waals surface area contributed by atoms with Crippen molar-refractivity contribution in [2.45, 2.75) is 76.9 Å². The molecule has 2 atom stereocenters. The fraction of sp³-hybridized carbons (Fsp3) is 0.538. The fourth-order valence-corrected chi connectivity index (χ4v) is 5.27. The largest absolute Gasteiger partial charge is 0.459 e. The first kappa shape index (κ1) is 25.4. The summed E-state index contributed by atoms with van der Waals surface area (Å²) in [5, 5.41) is 19.2. The quantitative estimate of drug-likeness (QED) is 0.315. The summed E-state index contributed by atoms with van der Waals surface area (Å²) in [5.41, 5.74) is 1.81. The molecule has 180 valence electrons. The summed E-state index contributed by atoms with van der Waals surface area (Å²) in [6.07, 6.45) is 7.67. The number of nitrogens with zero attached hydrogens (tertiary/aromatic N) is 1. The van der Waals surface area contributed by atoms with E-state index < -0.39 is 12.1 Å². The van der Waals surface area contributed by atoms with Crippen LogP contribution in [0.25, 0.3) is 0 Å². The first-order chi connectivity index (χ1) is 16.0. The zero-order valence-corrected chi connectivity index (χ0v) is 20.2. The highest BCUT2D eigenvalue weighted by molar-refractivity contribution is 7.13. The van der Waals surface area contributed by atoms with Gasteiger partial charge in [0.15, 0.2) is 0 Å². The van der Waals surface area contributed by atoms with E-state index >= 15 is 0 Å². The summed E-state index contributed by atoms with van der Waals surface area (Å²) in [6.45, 7) is 1.98. The number of aliphatic hydroxyl groups excluding tert-OH is 2. The minimum atomic E-state index is -0.452. The van der Waals surface area contributed by atoms with Gasteiger partial charge in [-0.05, 0) is 61.9 Å². The molecule has 2 aromatic rings. The Kier molecular flexibility index (Phi) is 9.91. The Morgan fingerprint density at radius 1 is 1.18 bits per heavy atom. The molecule has 1 unspecified atom stereocenters. The Labute approximate surface area is 200 Å². The molecule has 1 aromatic heterocycles. The van der Waals surface area contributed by atoms with E-state index in [1.165, 1.54) is 11.3 Å². The van der Waals surface area contributed by atoms with Crippen LogP contribution in [0, 0.1) is 0 Å². The molecule has 0 spiro atoms. The van der Waals surface area contributed by atoms with Gasteiger partial charge in [0.2, 0.25) is 5.91 Å². The van der Waals surface area contributed by atoms with Gasteiger partial charge in [-0.1, -0.05) is 38.3 Å². The zero-order valence-electron chi connectivity index (χ0n) is 19.4. The Balaban J connectivity index is 1.53. The van der Waals surface area contributed by atoms with Crippen molar-refractivity contribution < 1.29 is 24.5 Å². The van der Waals surface area contributed by atoms with Crippen molar-refractivity contribution in [2.75, 3.05) is 18.1 Å². The van der Waals surface area contributed by atoms with Gasteiger partial charge in [0.1, 0.15) is 11.5 Å². The number of aliphatic hydroxyl groups is 2. The summed E-state index contributed by atoms with van der Waals surface area (Å²) >= 11 is 1.42. The minimum absolute atomic E-state index is 0.0103. The van der Waals surface area contributed by atoms with Gasteiger partial charge in [0, 0.05) is 23.0 Å². The predicted octanol–water partition coefficient (Wildman–Crippen LogP) is 5.03. The molecule has 1 amide bonds. The number of hydrogen-bond donors (Lipinski definition) is 2. The van der Waals surface area contributed by atoms with E-state index in [0.717, 1.165) is 67.5 Å². The third kappa shape index (κ3) is 7.13. The standard InChI is InChI=1S/C26H35NO5S/c1-2-3-4-8-23(29)19-9-11-21(12-10-19)27-20(13-16-25(27)30)6-5-7-22-14-15-24(33-22)26(31)32-18-17-28/h9-12,14-15,20,23,28-29H,2-8,13,16-18H2,1H3/t20?,23-/m1/s1. The summed E-state index contributed by atoms with van der Waals surface area (Å²) < 4.78 is 4.96. The fourth-order valence-electron chi connectivity index (χ4n) is 4.33. The monoisotopic (exact) mass is 473 g/mol. The Morgan fingerprint density at radius 2 is 1.97 bits per heavy atom. The van der Waals surface area contributed by atoms with Crippen molar-refractivity contribution in [1.82, 2.24) is 0 Å². The SMILES string of the molecule is CCCCC[C@@H](O)c1ccc(N2C(=O)CCC2CCCc2ccc(C(=O)OCCO)s2)cc1. The molecule has 6 nitrogen and oxygen atoms in total. The number of carbonyl (C=O) groups is 2. The number of unbranched alkanes of at least 4 members (excludes halogenated alkanes) is 2. The molecule has 2 heterocycles. The summed E-state index contributed by atoms with van der Waals surface area (Å²) in [7, 11) is 0. The number of esters is 1. The van der Waals surface area contributed by atoms with Gasteiger partial charge in [0.05, 0.1) is 12.7 Å². The van der Waals surface area contributed by atoms with Gasteiger partial charge < -0.3 is 19.8 Å². The van der Waals surface area contributed by atoms with E-state index in [9.17, 15) is 14.7 Å². The average molecular weight is 474 g/mol. The first-order valence-corrected chi connectivity index (χ1v) is 12.8. The Bertz CT molecular complexity index is 894. The van der Waals surface area contributed by atoms with Crippen molar-refractivity contribution in [2.24, 2.45) is 0 Å². The lowest BCUT2D eigenvalue weighted by Crippen LogP contribution is -2.32. The zero-order chi connectivity index (χ0) is 23.6. The van der Waals surface area contributed by atoms with Crippen LogP contribution in [0.4, 0.5) is 5.69 Å². The molecule has 0 saturated carbocycles. The van der Waals surface area contributed by atoms with Gasteiger partial charge in [-0.15, -0.1) is 11.3 Å². The Morgan fingerprint density at radius 3 is 2.70 bits per heavy atom. The van der Waals surface area contributed by atoms with E-state index in [1.807, 2.05) is 35.2 Å². The molecule has 2 N–H and O–H groups in total. The molecule has 7 heteroatoms. The summed E-state index contributed by atoms with van der Waals surface area (Å²) in [5.74, 6) is -0.243. The van der Waals surface area contributed by atoms with Crippen LogP contribution in [0.15, 0.2) is 36.4 Å². The normalized spacial score (nSPS) is 16.9. The van der Waals surface area contributed by atoms with Crippen molar-refractivity contribution in [3.63, 3.8) is 0 Å². The number of aryl methyl sites for hydroxylation is 1. The molecule has 1 saturated heterocycles. The highest BCUT2D eigenvalue weighted by Gasteiger charge is 2.31. The third-order valence-electron chi connectivity index (χ3n) is 6.11. The molecule has 0 aliphatic carbocycles. The second kappa shape index (κ2) is 12.9. The van der Waals surface area contributed by atoms with Gasteiger partial charge in [-0.3, -0.25) is 4.79 Å². The predicted molar refractivity (Wildman–Crippen MR) is 131 cm³/mol. The van der Waals surface area contributed by atoms with Crippen molar-refractivity contribution in [3.8, 4) is 0 Å². The molecule has 1 aliphatic heterocycles. The number of ether oxygens (including phenoxy) is 1. The second-order valence-electron chi connectivity index (χ2n) is 8.58. The maximum absolute atomic E-state index is 12.6. The molecule has 0 bridgehead atoms. The molecule has 1 aliphatic rings. The smallest absolute Gasteiger partial charge is 0.348 e. The van der Waals surface area contributed by atoms with Crippen molar-refractivity contribution in [1.29, 1.82) is 0 Å². The highest BCUT2D eigenvalue weighted by Crippen LogP contribution is 2.31. The van der Waals surface area contributed by atoms with E-state index in [-0.39, 0.29) is 25.2 Å². The van der Waals surface area contributed by atoms with Gasteiger partial charge >= 0.3 is 5.97 Å². The van der Waals surface area contributed by atoms with Gasteiger partial charge in [0.25, 0.3) is 0 Å². The minimum Gasteiger partial charge on any atom is -0.459 e. The molecule has 1 fully saturated rings. The van der Waals surface area contributed by atoms with Crippen LogP contribution in [0.3, 0.4) is 0 Å². The number of thiophene rings is 1. The van der Waals surface area contributed by atoms with Crippen LogP contribution < -0.4 is 4.90 Å². The lowest BCUT2D eigenvalue weighted by molar-refractivity contribution is -0.117. The maximum Gasteiger partial charge on any atom is 0.348 e. The number of rotatable bonds is 13.